The van der Waals surface area contributed by atoms with Crippen LogP contribution in [0, 0.1) is 11.3 Å². The van der Waals surface area contributed by atoms with E-state index in [4.69, 9.17) is 9.68 Å². The van der Waals surface area contributed by atoms with Crippen LogP contribution in [0.2, 0.25) is 0 Å². The van der Waals surface area contributed by atoms with Crippen LogP contribution in [0.5, 0.6) is 0 Å². The summed E-state index contributed by atoms with van der Waals surface area (Å²) < 4.78 is 0. The Hall–Kier alpha value is -2.25. The van der Waals surface area contributed by atoms with Crippen molar-refractivity contribution in [3.8, 4) is 0 Å². The van der Waals surface area contributed by atoms with E-state index in [0.717, 1.165) is 16.2 Å². The molecule has 1 aliphatic heterocycles. The third kappa shape index (κ3) is 3.12. The van der Waals surface area contributed by atoms with E-state index in [9.17, 15) is 9.59 Å². The molecule has 6 nitrogen and oxygen atoms in total. The SMILES string of the molecule is CC1(C)C2C(=O)N(OCc3ccccc3)C(=O)C21NOCc1ccccc1.Cl. The van der Waals surface area contributed by atoms with Crippen molar-refractivity contribution in [2.24, 2.45) is 11.3 Å². The van der Waals surface area contributed by atoms with E-state index in [0.29, 0.717) is 6.61 Å². The summed E-state index contributed by atoms with van der Waals surface area (Å²) in [6.07, 6.45) is 0. The minimum absolute atomic E-state index is 0. The highest BCUT2D eigenvalue weighted by Crippen LogP contribution is 2.66. The Morgan fingerprint density at radius 1 is 0.929 bits per heavy atom. The Bertz CT molecular complexity index is 859. The van der Waals surface area contributed by atoms with E-state index in [1.54, 1.807) is 0 Å². The molecule has 0 aromatic heterocycles. The van der Waals surface area contributed by atoms with Crippen molar-refractivity contribution in [2.75, 3.05) is 0 Å². The number of carbonyl (C=O) groups excluding carboxylic acids is 2. The molecule has 0 spiro atoms. The Morgan fingerprint density at radius 2 is 1.46 bits per heavy atom. The van der Waals surface area contributed by atoms with Crippen LogP contribution in [-0.2, 0) is 32.5 Å². The number of nitrogens with zero attached hydrogens (tertiary/aromatic N) is 1. The predicted molar refractivity (Wildman–Crippen MR) is 105 cm³/mol. The van der Waals surface area contributed by atoms with Crippen LogP contribution in [0.3, 0.4) is 0 Å². The maximum Gasteiger partial charge on any atom is 0.277 e. The maximum absolute atomic E-state index is 13.0. The van der Waals surface area contributed by atoms with Gasteiger partial charge < -0.3 is 0 Å². The van der Waals surface area contributed by atoms with Gasteiger partial charge in [-0.05, 0) is 11.1 Å². The van der Waals surface area contributed by atoms with Gasteiger partial charge in [-0.15, -0.1) is 12.4 Å². The van der Waals surface area contributed by atoms with Crippen molar-refractivity contribution in [3.05, 3.63) is 71.8 Å². The predicted octanol–water partition coefficient (Wildman–Crippen LogP) is 3.03. The van der Waals surface area contributed by atoms with Crippen LogP contribution >= 0.6 is 12.4 Å². The van der Waals surface area contributed by atoms with Crippen LogP contribution in [0.25, 0.3) is 0 Å². The molecule has 7 heteroatoms. The van der Waals surface area contributed by atoms with Gasteiger partial charge in [-0.25, -0.2) is 0 Å². The van der Waals surface area contributed by atoms with E-state index < -0.39 is 22.8 Å². The zero-order valence-electron chi connectivity index (χ0n) is 15.8. The fourth-order valence-corrected chi connectivity index (χ4v) is 3.91. The first-order chi connectivity index (χ1) is 13.0. The third-order valence-corrected chi connectivity index (χ3v) is 5.57. The van der Waals surface area contributed by atoms with Gasteiger partial charge in [-0.2, -0.15) is 10.5 Å². The summed E-state index contributed by atoms with van der Waals surface area (Å²) in [4.78, 5) is 36.9. The number of benzene rings is 2. The van der Waals surface area contributed by atoms with Crippen molar-refractivity contribution < 1.29 is 19.3 Å². The number of hydrogen-bond donors (Lipinski definition) is 1. The summed E-state index contributed by atoms with van der Waals surface area (Å²) in [6, 6.07) is 19.1. The Kier molecular flexibility index (Phi) is 5.59. The first kappa shape index (κ1) is 20.5. The van der Waals surface area contributed by atoms with Gasteiger partial charge in [0.15, 0.2) is 0 Å². The highest BCUT2D eigenvalue weighted by Gasteiger charge is 2.85. The number of carbonyl (C=O) groups is 2. The summed E-state index contributed by atoms with van der Waals surface area (Å²) in [7, 11) is 0. The molecule has 28 heavy (non-hydrogen) atoms. The van der Waals surface area contributed by atoms with E-state index in [1.807, 2.05) is 74.5 Å². The first-order valence-corrected chi connectivity index (χ1v) is 8.96. The summed E-state index contributed by atoms with van der Waals surface area (Å²) in [5.41, 5.74) is 3.16. The summed E-state index contributed by atoms with van der Waals surface area (Å²) >= 11 is 0. The van der Waals surface area contributed by atoms with E-state index >= 15 is 0 Å². The second-order valence-corrected chi connectivity index (χ2v) is 7.54. The Balaban J connectivity index is 0.00000225. The average molecular weight is 403 g/mol. The fourth-order valence-electron chi connectivity index (χ4n) is 3.91. The van der Waals surface area contributed by atoms with Gasteiger partial charge in [0, 0.05) is 5.41 Å². The van der Waals surface area contributed by atoms with Crippen LogP contribution in [0.4, 0.5) is 0 Å². The summed E-state index contributed by atoms with van der Waals surface area (Å²) in [6.45, 7) is 4.24. The molecule has 2 amide bonds. The zero-order chi connectivity index (χ0) is 19.1. The number of amides is 2. The molecule has 1 aliphatic carbocycles. The van der Waals surface area contributed by atoms with Crippen molar-refractivity contribution in [1.82, 2.24) is 10.5 Å². The van der Waals surface area contributed by atoms with E-state index in [-0.39, 0.29) is 24.9 Å². The topological polar surface area (TPSA) is 67.9 Å². The summed E-state index contributed by atoms with van der Waals surface area (Å²) in [5.74, 6) is -1.22. The largest absolute Gasteiger partial charge is 0.296 e. The third-order valence-electron chi connectivity index (χ3n) is 5.57. The van der Waals surface area contributed by atoms with Crippen LogP contribution in [-0.4, -0.2) is 22.4 Å². The smallest absolute Gasteiger partial charge is 0.277 e. The molecule has 2 atom stereocenters. The van der Waals surface area contributed by atoms with E-state index in [2.05, 4.69) is 5.48 Å². The maximum atomic E-state index is 13.0. The molecule has 1 saturated carbocycles. The molecular formula is C21H23ClN2O4. The van der Waals surface area contributed by atoms with Crippen molar-refractivity contribution in [1.29, 1.82) is 0 Å². The lowest BCUT2D eigenvalue weighted by Crippen LogP contribution is -2.48. The van der Waals surface area contributed by atoms with Gasteiger partial charge in [-0.3, -0.25) is 19.3 Å². The molecule has 2 aromatic rings. The normalized spacial score (nSPS) is 24.6. The molecule has 2 unspecified atom stereocenters. The second kappa shape index (κ2) is 7.64. The molecule has 0 bridgehead atoms. The van der Waals surface area contributed by atoms with Crippen molar-refractivity contribution in [2.45, 2.75) is 32.6 Å². The van der Waals surface area contributed by atoms with Gasteiger partial charge in [0.05, 0.1) is 12.5 Å². The monoisotopic (exact) mass is 402 g/mol. The molecule has 2 aromatic carbocycles. The van der Waals surface area contributed by atoms with Crippen molar-refractivity contribution in [3.63, 3.8) is 0 Å². The Labute approximate surface area is 170 Å². The molecule has 2 fully saturated rings. The minimum atomic E-state index is -1.07. The molecule has 1 heterocycles. The van der Waals surface area contributed by atoms with Gasteiger partial charge in [0.25, 0.3) is 11.8 Å². The van der Waals surface area contributed by atoms with Gasteiger partial charge in [-0.1, -0.05) is 74.5 Å². The minimum Gasteiger partial charge on any atom is -0.296 e. The first-order valence-electron chi connectivity index (χ1n) is 8.96. The fraction of sp³-hybridized carbons (Fsp3) is 0.333. The number of rotatable bonds is 7. The molecule has 4 rings (SSSR count). The van der Waals surface area contributed by atoms with Crippen molar-refractivity contribution >= 4 is 24.2 Å². The lowest BCUT2D eigenvalue weighted by atomic mass is 10.0. The molecule has 2 aliphatic rings. The molecule has 0 radical (unpaired) electrons. The van der Waals surface area contributed by atoms with Gasteiger partial charge in [0.1, 0.15) is 12.1 Å². The molecule has 148 valence electrons. The van der Waals surface area contributed by atoms with Crippen LogP contribution in [0.15, 0.2) is 60.7 Å². The average Bonchev–Trinajstić information content (AvgIpc) is 3.08. The summed E-state index contributed by atoms with van der Waals surface area (Å²) in [5, 5.41) is 0.891. The number of piperidine rings is 1. The lowest BCUT2D eigenvalue weighted by molar-refractivity contribution is -0.199. The quantitative estimate of drug-likeness (QED) is 0.569. The number of nitrogens with one attached hydrogen (secondary N) is 1. The highest BCUT2D eigenvalue weighted by molar-refractivity contribution is 6.15. The standard InChI is InChI=1S/C21H22N2O4.ClH/c1-20(2)17-18(24)23(27-14-16-11-7-4-8-12-16)19(25)21(17,20)22-26-13-15-9-5-3-6-10-15;/h3-12,17,22H,13-14H2,1-2H3;1H. The number of hydrogen-bond acceptors (Lipinski definition) is 5. The second-order valence-electron chi connectivity index (χ2n) is 7.54. The number of halogens is 1. The number of fused-ring (bicyclic) bond motifs is 1. The molecular weight excluding hydrogens is 380 g/mol. The zero-order valence-corrected chi connectivity index (χ0v) is 16.6. The van der Waals surface area contributed by atoms with Gasteiger partial charge >= 0.3 is 0 Å². The molecule has 1 N–H and O–H groups in total. The van der Waals surface area contributed by atoms with E-state index in [1.165, 1.54) is 0 Å². The van der Waals surface area contributed by atoms with Crippen LogP contribution < -0.4 is 5.48 Å². The number of imide groups is 1. The highest BCUT2D eigenvalue weighted by atomic mass is 35.5. The van der Waals surface area contributed by atoms with Gasteiger partial charge in [0.2, 0.25) is 0 Å². The number of hydroxylamine groups is 3. The Morgan fingerprint density at radius 3 is 2.04 bits per heavy atom. The lowest BCUT2D eigenvalue weighted by Gasteiger charge is -2.24. The molecule has 1 saturated heterocycles. The van der Waals surface area contributed by atoms with Crippen LogP contribution in [0.1, 0.15) is 25.0 Å².